The monoisotopic (exact) mass is 447 g/mol. The number of non-ortho nitro benzene ring substituents is 1. The van der Waals surface area contributed by atoms with Crippen molar-refractivity contribution in [3.05, 3.63) is 64.1 Å². The molecule has 0 fully saturated rings. The van der Waals surface area contributed by atoms with Crippen LogP contribution in [0.15, 0.2) is 42.9 Å². The van der Waals surface area contributed by atoms with Gasteiger partial charge in [0.1, 0.15) is 12.1 Å². The molecule has 0 saturated carbocycles. The number of rotatable bonds is 5. The van der Waals surface area contributed by atoms with Crippen LogP contribution in [0, 0.1) is 10.1 Å². The number of nitrogens with one attached hydrogen (secondary N) is 1. The molecule has 0 bridgehead atoms. The minimum Gasteiger partial charge on any atom is -0.504 e. The van der Waals surface area contributed by atoms with Crippen molar-refractivity contribution >= 4 is 28.1 Å². The van der Waals surface area contributed by atoms with E-state index in [4.69, 9.17) is 4.74 Å². The van der Waals surface area contributed by atoms with Gasteiger partial charge in [-0.3, -0.25) is 14.5 Å². The number of phenolic OH excluding ortho intramolecular Hbond substituents is 1. The van der Waals surface area contributed by atoms with E-state index in [0.29, 0.717) is 22.6 Å². The van der Waals surface area contributed by atoms with Crippen LogP contribution in [0.3, 0.4) is 0 Å². The van der Waals surface area contributed by atoms with E-state index in [1.54, 1.807) is 17.4 Å². The molecule has 2 aromatic carbocycles. The number of hydrogen-bond donors (Lipinski definition) is 2. The van der Waals surface area contributed by atoms with Gasteiger partial charge in [0, 0.05) is 23.6 Å². The number of aromatic hydroxyl groups is 1. The van der Waals surface area contributed by atoms with Gasteiger partial charge < -0.3 is 15.2 Å². The number of phenols is 1. The molecular weight excluding hydrogens is 431 g/mol. The maximum atomic E-state index is 13.3. The summed E-state index contributed by atoms with van der Waals surface area (Å²) < 4.78 is 46.6. The van der Waals surface area contributed by atoms with Crippen molar-refractivity contribution in [3.63, 3.8) is 0 Å². The van der Waals surface area contributed by atoms with Crippen molar-refractivity contribution in [2.24, 2.45) is 0 Å². The number of alkyl halides is 3. The number of ether oxygens (including phenoxy) is 1. The number of benzene rings is 2. The molecule has 2 aromatic heterocycles. The Labute approximate surface area is 178 Å². The predicted octanol–water partition coefficient (Wildman–Crippen LogP) is 4.70. The average Bonchev–Trinajstić information content (AvgIpc) is 3.21. The molecule has 0 spiro atoms. The molecule has 0 aliphatic carbocycles. The molecule has 4 rings (SSSR count). The Hall–Kier alpha value is -4.09. The first kappa shape index (κ1) is 21.2. The summed E-state index contributed by atoms with van der Waals surface area (Å²) >= 11 is 0. The van der Waals surface area contributed by atoms with E-state index < -0.39 is 28.4 Å². The first-order chi connectivity index (χ1) is 15.1. The van der Waals surface area contributed by atoms with E-state index in [-0.39, 0.29) is 22.9 Å². The largest absolute Gasteiger partial charge is 0.504 e. The highest BCUT2D eigenvalue weighted by Gasteiger charge is 2.33. The molecule has 32 heavy (non-hydrogen) atoms. The Kier molecular flexibility index (Phi) is 4.99. The van der Waals surface area contributed by atoms with Crippen LogP contribution >= 0.6 is 0 Å². The van der Waals surface area contributed by atoms with Gasteiger partial charge in [0.2, 0.25) is 0 Å². The normalized spacial score (nSPS) is 12.8. The summed E-state index contributed by atoms with van der Waals surface area (Å²) in [5.74, 6) is 0.302. The van der Waals surface area contributed by atoms with Crippen molar-refractivity contribution in [1.82, 2.24) is 14.4 Å². The van der Waals surface area contributed by atoms with Gasteiger partial charge >= 0.3 is 6.18 Å². The molecule has 0 saturated heterocycles. The molecular formula is C20H16F3N5O4. The highest BCUT2D eigenvalue weighted by atomic mass is 19.4. The van der Waals surface area contributed by atoms with Gasteiger partial charge in [-0.05, 0) is 24.6 Å². The molecule has 0 radical (unpaired) electrons. The number of hydrogen-bond acceptors (Lipinski definition) is 7. The minimum absolute atomic E-state index is 0.0487. The quantitative estimate of drug-likeness (QED) is 0.337. The van der Waals surface area contributed by atoms with E-state index in [2.05, 4.69) is 15.3 Å². The number of fused-ring (bicyclic) bond motifs is 3. The van der Waals surface area contributed by atoms with Crippen molar-refractivity contribution in [3.8, 4) is 11.5 Å². The molecule has 0 aliphatic rings. The number of imidazole rings is 1. The fraction of sp³-hybridized carbons (Fsp3) is 0.200. The second-order valence-corrected chi connectivity index (χ2v) is 7.06. The SMILES string of the molecule is COc1cc2c(cc1O)c(N[C@H](C)c1cc([N+](=O)[O-])cc(C(F)(F)F)c1)nc1cncn12. The molecule has 2 heterocycles. The Bertz CT molecular complexity index is 1350. The lowest BCUT2D eigenvalue weighted by Crippen LogP contribution is -2.12. The van der Waals surface area contributed by atoms with Crippen LogP contribution in [0.1, 0.15) is 24.1 Å². The maximum absolute atomic E-state index is 13.3. The zero-order valence-corrected chi connectivity index (χ0v) is 16.7. The zero-order chi connectivity index (χ0) is 23.2. The Morgan fingerprint density at radius 2 is 2.00 bits per heavy atom. The Morgan fingerprint density at radius 3 is 2.66 bits per heavy atom. The number of nitro benzene ring substituents is 1. The average molecular weight is 447 g/mol. The second-order valence-electron chi connectivity index (χ2n) is 7.06. The maximum Gasteiger partial charge on any atom is 0.416 e. The summed E-state index contributed by atoms with van der Waals surface area (Å²) in [6.07, 6.45) is -1.74. The van der Waals surface area contributed by atoms with Crippen molar-refractivity contribution in [1.29, 1.82) is 0 Å². The summed E-state index contributed by atoms with van der Waals surface area (Å²) in [6, 6.07) is 4.61. The van der Waals surface area contributed by atoms with Crippen molar-refractivity contribution in [2.45, 2.75) is 19.1 Å². The van der Waals surface area contributed by atoms with Gasteiger partial charge in [-0.2, -0.15) is 13.2 Å². The molecule has 1 atom stereocenters. The predicted molar refractivity (Wildman–Crippen MR) is 109 cm³/mol. The highest BCUT2D eigenvalue weighted by Crippen LogP contribution is 2.37. The van der Waals surface area contributed by atoms with Gasteiger partial charge in [0.25, 0.3) is 5.69 Å². The lowest BCUT2D eigenvalue weighted by Gasteiger charge is -2.19. The van der Waals surface area contributed by atoms with Crippen molar-refractivity contribution in [2.75, 3.05) is 12.4 Å². The molecule has 0 unspecified atom stereocenters. The van der Waals surface area contributed by atoms with Gasteiger partial charge in [-0.1, -0.05) is 0 Å². The molecule has 4 aromatic rings. The van der Waals surface area contributed by atoms with Crippen LogP contribution in [-0.4, -0.2) is 31.5 Å². The number of nitrogens with zero attached hydrogens (tertiary/aromatic N) is 4. The standard InChI is InChI=1S/C20H16F3N5O4/c1-10(11-3-12(20(21,22)23)5-13(4-11)28(30)31)25-19-14-6-16(29)17(32-2)7-15(14)27-9-24-8-18(27)26-19/h3-10,29H,1-2H3,(H,25,26)/t10-/m1/s1. The van der Waals surface area contributed by atoms with Gasteiger partial charge in [0.05, 0.1) is 35.4 Å². The van der Waals surface area contributed by atoms with Gasteiger partial charge in [0.15, 0.2) is 17.1 Å². The zero-order valence-electron chi connectivity index (χ0n) is 16.7. The molecule has 166 valence electrons. The number of anilines is 1. The lowest BCUT2D eigenvalue weighted by molar-refractivity contribution is -0.385. The fourth-order valence-electron chi connectivity index (χ4n) is 3.39. The van der Waals surface area contributed by atoms with Gasteiger partial charge in [-0.25, -0.2) is 9.97 Å². The Balaban J connectivity index is 1.83. The van der Waals surface area contributed by atoms with E-state index in [9.17, 15) is 28.4 Å². The van der Waals surface area contributed by atoms with Crippen LogP contribution in [0.2, 0.25) is 0 Å². The molecule has 12 heteroatoms. The lowest BCUT2D eigenvalue weighted by atomic mass is 10.0. The van der Waals surface area contributed by atoms with Crippen LogP contribution in [0.4, 0.5) is 24.7 Å². The first-order valence-corrected chi connectivity index (χ1v) is 9.24. The Morgan fingerprint density at radius 1 is 1.25 bits per heavy atom. The first-order valence-electron chi connectivity index (χ1n) is 9.24. The summed E-state index contributed by atoms with van der Waals surface area (Å²) in [5, 5.41) is 24.8. The molecule has 9 nitrogen and oxygen atoms in total. The van der Waals surface area contributed by atoms with Crippen LogP contribution in [0.5, 0.6) is 11.5 Å². The molecule has 0 amide bonds. The van der Waals surface area contributed by atoms with Gasteiger partial charge in [-0.15, -0.1) is 0 Å². The number of nitro groups is 1. The smallest absolute Gasteiger partial charge is 0.416 e. The summed E-state index contributed by atoms with van der Waals surface area (Å²) in [5.41, 5.74) is -0.730. The number of aromatic nitrogens is 3. The molecule has 0 aliphatic heterocycles. The molecule has 2 N–H and O–H groups in total. The minimum atomic E-state index is -4.75. The van der Waals surface area contributed by atoms with Crippen molar-refractivity contribution < 1.29 is 27.9 Å². The number of methoxy groups -OCH3 is 1. The third kappa shape index (κ3) is 3.70. The summed E-state index contributed by atoms with van der Waals surface area (Å²) in [7, 11) is 1.40. The summed E-state index contributed by atoms with van der Waals surface area (Å²) in [4.78, 5) is 18.8. The van der Waals surface area contributed by atoms with E-state index in [0.717, 1.165) is 12.1 Å². The van der Waals surface area contributed by atoms with Crippen LogP contribution in [0.25, 0.3) is 16.6 Å². The third-order valence-corrected chi connectivity index (χ3v) is 4.99. The van der Waals surface area contributed by atoms with E-state index >= 15 is 0 Å². The topological polar surface area (TPSA) is 115 Å². The highest BCUT2D eigenvalue weighted by molar-refractivity contribution is 5.94. The van der Waals surface area contributed by atoms with E-state index in [1.165, 1.54) is 25.7 Å². The van der Waals surface area contributed by atoms with E-state index in [1.807, 2.05) is 0 Å². The third-order valence-electron chi connectivity index (χ3n) is 4.99. The van der Waals surface area contributed by atoms with Crippen LogP contribution in [-0.2, 0) is 6.18 Å². The fourth-order valence-corrected chi connectivity index (χ4v) is 3.39. The summed E-state index contributed by atoms with van der Waals surface area (Å²) in [6.45, 7) is 1.55. The number of halogens is 3. The van der Waals surface area contributed by atoms with Crippen LogP contribution < -0.4 is 10.1 Å². The second kappa shape index (κ2) is 7.55.